The molecule has 0 radical (unpaired) electrons. The maximum atomic E-state index is 13.2. The van der Waals surface area contributed by atoms with Gasteiger partial charge in [-0.2, -0.15) is 18.4 Å². The number of piperazine rings is 1. The van der Waals surface area contributed by atoms with Gasteiger partial charge < -0.3 is 9.47 Å². The smallest absolute Gasteiger partial charge is 0.354 e. The summed E-state index contributed by atoms with van der Waals surface area (Å²) in [7, 11) is -2.53. The molecule has 156 valence electrons. The molecule has 0 unspecified atom stereocenters. The number of hydrogen-bond acceptors (Lipinski definition) is 5. The van der Waals surface area contributed by atoms with Crippen LogP contribution < -0.4 is 4.90 Å². The van der Waals surface area contributed by atoms with Crippen LogP contribution in [0.1, 0.15) is 30.9 Å². The molecular weight excluding hydrogens is 405 g/mol. The average Bonchev–Trinajstić information content (AvgIpc) is 3.44. The van der Waals surface area contributed by atoms with Crippen LogP contribution in [-0.2, 0) is 23.4 Å². The highest BCUT2D eigenvalue weighted by Crippen LogP contribution is 2.44. The number of fused-ring (bicyclic) bond motifs is 1. The summed E-state index contributed by atoms with van der Waals surface area (Å²) < 4.78 is 64.5. The molecule has 1 saturated carbocycles. The van der Waals surface area contributed by atoms with Crippen LogP contribution in [0, 0.1) is 11.3 Å². The van der Waals surface area contributed by atoms with Crippen molar-refractivity contribution in [2.45, 2.75) is 37.4 Å². The van der Waals surface area contributed by atoms with Crippen LogP contribution in [0.3, 0.4) is 0 Å². The van der Waals surface area contributed by atoms with Gasteiger partial charge in [-0.15, -0.1) is 0 Å². The summed E-state index contributed by atoms with van der Waals surface area (Å²) in [6, 6.07) is 5.64. The number of alkyl halides is 3. The van der Waals surface area contributed by atoms with Crippen LogP contribution in [-0.4, -0.2) is 48.9 Å². The number of rotatable bonds is 4. The number of benzene rings is 1. The summed E-state index contributed by atoms with van der Waals surface area (Å²) in [5.41, 5.74) is 0.00523. The Morgan fingerprint density at radius 1 is 1.17 bits per heavy atom. The Balaban J connectivity index is 1.71. The summed E-state index contributed by atoms with van der Waals surface area (Å²) >= 11 is 0. The summed E-state index contributed by atoms with van der Waals surface area (Å²) in [6.45, 7) is 4.36. The van der Waals surface area contributed by atoms with Crippen LogP contribution in [0.25, 0.3) is 10.9 Å². The Hall–Kier alpha value is -2.25. The van der Waals surface area contributed by atoms with E-state index in [0.29, 0.717) is 67.8 Å². The summed E-state index contributed by atoms with van der Waals surface area (Å²) in [5.74, 6) is 0.611. The van der Waals surface area contributed by atoms with Gasteiger partial charge in [0.25, 0.3) is 0 Å². The Morgan fingerprint density at radius 2 is 1.83 bits per heavy atom. The van der Waals surface area contributed by atoms with Gasteiger partial charge in [0.2, 0.25) is 0 Å². The Kier molecular flexibility index (Phi) is 4.78. The molecule has 1 saturated heterocycles. The van der Waals surface area contributed by atoms with Crippen molar-refractivity contribution in [3.63, 3.8) is 0 Å². The van der Waals surface area contributed by atoms with E-state index in [1.807, 2.05) is 16.7 Å². The first-order valence-electron chi connectivity index (χ1n) is 9.51. The van der Waals surface area contributed by atoms with Gasteiger partial charge in [0.15, 0.2) is 10.7 Å². The molecular formula is C19H21F3N4O2S. The van der Waals surface area contributed by atoms with E-state index in [9.17, 15) is 26.9 Å². The van der Waals surface area contributed by atoms with Crippen molar-refractivity contribution in [3.05, 3.63) is 29.3 Å². The third kappa shape index (κ3) is 3.16. The van der Waals surface area contributed by atoms with Crippen molar-refractivity contribution in [3.8, 4) is 6.07 Å². The number of thiol groups is 1. The van der Waals surface area contributed by atoms with Gasteiger partial charge in [-0.3, -0.25) is 4.90 Å². The lowest BCUT2D eigenvalue weighted by atomic mass is 10.1. The highest BCUT2D eigenvalue weighted by atomic mass is 32.2. The molecule has 0 amide bonds. The van der Waals surface area contributed by atoms with E-state index >= 15 is 0 Å². The largest absolute Gasteiger partial charge is 0.416 e. The molecule has 0 N–H and O–H groups in total. The molecule has 1 aromatic heterocycles. The van der Waals surface area contributed by atoms with Gasteiger partial charge in [0.05, 0.1) is 11.1 Å². The zero-order valence-corrected chi connectivity index (χ0v) is 16.8. The van der Waals surface area contributed by atoms with Crippen molar-refractivity contribution in [2.75, 3.05) is 31.1 Å². The molecule has 1 aromatic carbocycles. The fourth-order valence-electron chi connectivity index (χ4n) is 4.33. The number of nitrogens with zero attached hydrogens (tertiary/aromatic N) is 4. The van der Waals surface area contributed by atoms with Crippen LogP contribution in [0.15, 0.2) is 18.2 Å². The molecule has 10 heteroatoms. The number of aryl methyl sites for hydroxylation is 1. The van der Waals surface area contributed by atoms with E-state index in [-0.39, 0.29) is 0 Å². The minimum Gasteiger partial charge on any atom is -0.354 e. The van der Waals surface area contributed by atoms with Gasteiger partial charge in [-0.1, -0.05) is 6.07 Å². The van der Waals surface area contributed by atoms with Crippen LogP contribution in [0.4, 0.5) is 19.0 Å². The first-order valence-corrected chi connectivity index (χ1v) is 10.7. The molecule has 6 nitrogen and oxygen atoms in total. The van der Waals surface area contributed by atoms with Crippen molar-refractivity contribution < 1.29 is 21.6 Å². The van der Waals surface area contributed by atoms with E-state index in [1.54, 1.807) is 4.57 Å². The number of anilines is 1. The first-order chi connectivity index (χ1) is 13.7. The number of hydrogen-bond donors (Lipinski definition) is 1. The molecule has 0 atom stereocenters. The molecule has 2 fully saturated rings. The van der Waals surface area contributed by atoms with Crippen molar-refractivity contribution in [1.29, 1.82) is 5.26 Å². The minimum atomic E-state index is -4.46. The normalized spacial score (nSPS) is 19.7. The Morgan fingerprint density at radius 3 is 2.31 bits per heavy atom. The molecule has 0 spiro atoms. The van der Waals surface area contributed by atoms with E-state index in [4.69, 9.17) is 0 Å². The van der Waals surface area contributed by atoms with Crippen molar-refractivity contribution >= 4 is 27.4 Å². The second kappa shape index (κ2) is 6.92. The molecule has 1 aliphatic carbocycles. The predicted molar refractivity (Wildman–Crippen MR) is 103 cm³/mol. The Bertz CT molecular complexity index is 1060. The standard InChI is InChI=1S/C19H21F3N4O2S/c1-2-26-16-11-13(19(20,21)22)3-4-14(16)15(12-23)17(26)24-7-9-25(10-8-24)18(5-6-18)29(27)28/h3-4,11,29H,2,5-10H2,1H3. The van der Waals surface area contributed by atoms with Gasteiger partial charge in [0.1, 0.15) is 22.3 Å². The lowest BCUT2D eigenvalue weighted by Crippen LogP contribution is -2.52. The van der Waals surface area contributed by atoms with Crippen LogP contribution in [0.2, 0.25) is 0 Å². The second-order valence-electron chi connectivity index (χ2n) is 7.50. The third-order valence-corrected chi connectivity index (χ3v) is 7.41. The van der Waals surface area contributed by atoms with Crippen LogP contribution >= 0.6 is 0 Å². The lowest BCUT2D eigenvalue weighted by Gasteiger charge is -2.39. The monoisotopic (exact) mass is 426 g/mol. The maximum absolute atomic E-state index is 13.2. The van der Waals surface area contributed by atoms with E-state index in [1.165, 1.54) is 6.07 Å². The lowest BCUT2D eigenvalue weighted by molar-refractivity contribution is -0.137. The number of halogens is 3. The summed E-state index contributed by atoms with van der Waals surface area (Å²) in [6.07, 6.45) is -3.17. The van der Waals surface area contributed by atoms with Gasteiger partial charge in [0, 0.05) is 38.1 Å². The molecule has 2 aliphatic rings. The zero-order chi connectivity index (χ0) is 21.0. The van der Waals surface area contributed by atoms with E-state index < -0.39 is 27.3 Å². The van der Waals surface area contributed by atoms with Gasteiger partial charge in [-0.25, -0.2) is 8.42 Å². The highest BCUT2D eigenvalue weighted by molar-refractivity contribution is 7.74. The minimum absolute atomic E-state index is 0.361. The number of aromatic nitrogens is 1. The predicted octanol–water partition coefficient (Wildman–Crippen LogP) is 2.78. The van der Waals surface area contributed by atoms with E-state index in [2.05, 4.69) is 6.07 Å². The first kappa shape index (κ1) is 20.0. The van der Waals surface area contributed by atoms with E-state index in [0.717, 1.165) is 12.1 Å². The average molecular weight is 426 g/mol. The third-order valence-electron chi connectivity index (χ3n) is 6.00. The highest BCUT2D eigenvalue weighted by Gasteiger charge is 2.52. The molecule has 0 bridgehead atoms. The maximum Gasteiger partial charge on any atom is 0.416 e. The second-order valence-corrected chi connectivity index (χ2v) is 8.84. The SMILES string of the molecule is CCn1c(N2CCN(C3([SH](=O)=O)CC3)CC2)c(C#N)c2ccc(C(F)(F)F)cc21. The molecule has 2 aromatic rings. The molecule has 2 heterocycles. The topological polar surface area (TPSA) is 69.3 Å². The number of nitriles is 1. The summed E-state index contributed by atoms with van der Waals surface area (Å²) in [4.78, 5) is 3.24. The molecule has 29 heavy (non-hydrogen) atoms. The summed E-state index contributed by atoms with van der Waals surface area (Å²) in [5, 5.41) is 10.2. The van der Waals surface area contributed by atoms with Gasteiger partial charge >= 0.3 is 6.18 Å². The zero-order valence-electron chi connectivity index (χ0n) is 15.9. The Labute approximate surface area is 168 Å². The molecule has 4 rings (SSSR count). The quantitative estimate of drug-likeness (QED) is 0.762. The molecule has 1 aliphatic heterocycles. The fraction of sp³-hybridized carbons (Fsp3) is 0.526. The van der Waals surface area contributed by atoms with Crippen molar-refractivity contribution in [1.82, 2.24) is 9.47 Å². The van der Waals surface area contributed by atoms with Crippen molar-refractivity contribution in [2.24, 2.45) is 0 Å². The van der Waals surface area contributed by atoms with Crippen LogP contribution in [0.5, 0.6) is 0 Å². The van der Waals surface area contributed by atoms with Gasteiger partial charge in [-0.05, 0) is 31.9 Å². The fourth-order valence-corrected chi connectivity index (χ4v) is 5.24.